The molecule has 0 amide bonds. The van der Waals surface area contributed by atoms with Crippen molar-refractivity contribution in [2.45, 2.75) is 20.3 Å². The second kappa shape index (κ2) is 5.87. The molecular weight excluding hydrogens is 274 g/mol. The van der Waals surface area contributed by atoms with Crippen LogP contribution in [-0.2, 0) is 0 Å². The van der Waals surface area contributed by atoms with Gasteiger partial charge in [0.05, 0.1) is 11.7 Å². The van der Waals surface area contributed by atoms with E-state index < -0.39 is 6.43 Å². The van der Waals surface area contributed by atoms with Gasteiger partial charge in [-0.1, -0.05) is 12.2 Å². The highest BCUT2D eigenvalue weighted by atomic mass is 19.3. The second-order valence-electron chi connectivity index (χ2n) is 4.74. The van der Waals surface area contributed by atoms with E-state index in [1.54, 1.807) is 12.1 Å². The Morgan fingerprint density at radius 1 is 1.38 bits per heavy atom. The van der Waals surface area contributed by atoms with Crippen LogP contribution in [0.4, 0.5) is 8.78 Å². The molecule has 2 N–H and O–H groups in total. The van der Waals surface area contributed by atoms with Crippen LogP contribution in [0.25, 0.3) is 11.1 Å². The van der Waals surface area contributed by atoms with E-state index >= 15 is 0 Å². The smallest absolute Gasteiger partial charge is 0.280 e. The van der Waals surface area contributed by atoms with E-state index in [0.29, 0.717) is 22.6 Å². The van der Waals surface area contributed by atoms with Gasteiger partial charge in [0.25, 0.3) is 6.43 Å². The lowest BCUT2D eigenvalue weighted by Crippen LogP contribution is -2.05. The van der Waals surface area contributed by atoms with Crippen LogP contribution in [-0.4, -0.2) is 14.6 Å². The van der Waals surface area contributed by atoms with Crippen LogP contribution >= 0.6 is 0 Å². The van der Waals surface area contributed by atoms with Gasteiger partial charge in [-0.15, -0.1) is 5.10 Å². The van der Waals surface area contributed by atoms with Crippen LogP contribution in [0.5, 0.6) is 0 Å². The van der Waals surface area contributed by atoms with Gasteiger partial charge in [0.2, 0.25) is 0 Å². The van der Waals surface area contributed by atoms with Gasteiger partial charge in [0, 0.05) is 11.3 Å². The van der Waals surface area contributed by atoms with Crippen LogP contribution in [0.15, 0.2) is 48.3 Å². The normalized spacial score (nSPS) is 12.0. The number of aromatic nitrogens is 3. The first-order valence-electron chi connectivity index (χ1n) is 6.34. The molecule has 0 aliphatic heterocycles. The summed E-state index contributed by atoms with van der Waals surface area (Å²) in [6.07, 6.45) is 2.09. The van der Waals surface area contributed by atoms with Gasteiger partial charge in [-0.2, -0.15) is 0 Å². The number of rotatable bonds is 4. The molecule has 6 heteroatoms. The summed E-state index contributed by atoms with van der Waals surface area (Å²) in [6.45, 7) is 7.33. The summed E-state index contributed by atoms with van der Waals surface area (Å²) in [5.41, 5.74) is 8.16. The molecule has 2 heterocycles. The van der Waals surface area contributed by atoms with Gasteiger partial charge in [0.1, 0.15) is 5.69 Å². The highest BCUT2D eigenvalue weighted by Gasteiger charge is 2.15. The Hall–Kier alpha value is -2.50. The SMILES string of the molecule is C=C/C(N)=C\C(=C(C)C)c1ncc2ccc(C(F)F)n2n1. The Morgan fingerprint density at radius 3 is 2.67 bits per heavy atom. The van der Waals surface area contributed by atoms with Gasteiger partial charge in [-0.3, -0.25) is 0 Å². The Morgan fingerprint density at radius 2 is 2.10 bits per heavy atom. The van der Waals surface area contributed by atoms with E-state index in [2.05, 4.69) is 16.7 Å². The Labute approximate surface area is 121 Å². The van der Waals surface area contributed by atoms with Crippen molar-refractivity contribution in [2.24, 2.45) is 5.73 Å². The van der Waals surface area contributed by atoms with Crippen LogP contribution in [0.2, 0.25) is 0 Å². The fourth-order valence-electron chi connectivity index (χ4n) is 1.87. The predicted molar refractivity (Wildman–Crippen MR) is 78.7 cm³/mol. The third kappa shape index (κ3) is 2.99. The summed E-state index contributed by atoms with van der Waals surface area (Å²) in [7, 11) is 0. The van der Waals surface area contributed by atoms with Crippen molar-refractivity contribution in [3.05, 3.63) is 59.8 Å². The molecule has 110 valence electrons. The number of hydrogen-bond acceptors (Lipinski definition) is 3. The zero-order valence-corrected chi connectivity index (χ0v) is 11.8. The van der Waals surface area contributed by atoms with E-state index in [0.717, 1.165) is 5.57 Å². The lowest BCUT2D eigenvalue weighted by atomic mass is 10.1. The summed E-state index contributed by atoms with van der Waals surface area (Å²) in [4.78, 5) is 4.22. The number of nitrogens with zero attached hydrogens (tertiary/aromatic N) is 3. The largest absolute Gasteiger partial charge is 0.399 e. The number of alkyl halides is 2. The van der Waals surface area contributed by atoms with E-state index in [-0.39, 0.29) is 5.69 Å². The molecule has 0 spiro atoms. The molecule has 0 fully saturated rings. The van der Waals surface area contributed by atoms with E-state index in [4.69, 9.17) is 5.73 Å². The maximum atomic E-state index is 12.9. The fraction of sp³-hybridized carbons (Fsp3) is 0.200. The zero-order valence-electron chi connectivity index (χ0n) is 11.8. The number of halogens is 2. The molecule has 2 aromatic heterocycles. The van der Waals surface area contributed by atoms with E-state index in [9.17, 15) is 8.78 Å². The topological polar surface area (TPSA) is 56.2 Å². The summed E-state index contributed by atoms with van der Waals surface area (Å²) < 4.78 is 27.1. The molecule has 0 saturated heterocycles. The molecule has 0 unspecified atom stereocenters. The molecule has 0 aliphatic rings. The minimum absolute atomic E-state index is 0.164. The standard InChI is InChI=1S/C15H16F2N4/c1-4-10(18)7-12(9(2)3)15-19-8-11-5-6-13(14(16)17)21(11)20-15/h4-8,14H,1,18H2,2-3H3/b10-7+. The third-order valence-corrected chi connectivity index (χ3v) is 2.98. The quantitative estimate of drug-likeness (QED) is 0.877. The van der Waals surface area contributed by atoms with Crippen molar-refractivity contribution < 1.29 is 8.78 Å². The maximum absolute atomic E-state index is 12.9. The molecule has 2 rings (SSSR count). The summed E-state index contributed by atoms with van der Waals surface area (Å²) >= 11 is 0. The summed E-state index contributed by atoms with van der Waals surface area (Å²) in [6, 6.07) is 2.90. The Bertz CT molecular complexity index is 737. The lowest BCUT2D eigenvalue weighted by molar-refractivity contribution is 0.143. The van der Waals surface area contributed by atoms with Crippen LogP contribution in [0.3, 0.4) is 0 Å². The molecule has 2 aromatic rings. The average molecular weight is 290 g/mol. The molecule has 4 nitrogen and oxygen atoms in total. The Balaban J connectivity index is 2.62. The molecule has 0 aromatic carbocycles. The minimum atomic E-state index is -2.60. The van der Waals surface area contributed by atoms with Gasteiger partial charge in [-0.05, 0) is 38.1 Å². The maximum Gasteiger partial charge on any atom is 0.280 e. The highest BCUT2D eigenvalue weighted by molar-refractivity contribution is 5.73. The van der Waals surface area contributed by atoms with Gasteiger partial charge in [-0.25, -0.2) is 18.3 Å². The molecule has 21 heavy (non-hydrogen) atoms. The summed E-state index contributed by atoms with van der Waals surface area (Å²) in [5.74, 6) is 0.338. The Kier molecular flexibility index (Phi) is 4.16. The second-order valence-corrected chi connectivity index (χ2v) is 4.74. The highest BCUT2D eigenvalue weighted by Crippen LogP contribution is 2.23. The fourth-order valence-corrected chi connectivity index (χ4v) is 1.87. The molecule has 0 bridgehead atoms. The van der Waals surface area contributed by atoms with Crippen LogP contribution in [0, 0.1) is 0 Å². The molecular formula is C15H16F2N4. The van der Waals surface area contributed by atoms with E-state index in [1.165, 1.54) is 22.9 Å². The van der Waals surface area contributed by atoms with Crippen molar-refractivity contribution in [2.75, 3.05) is 0 Å². The molecule has 0 saturated carbocycles. The number of fused-ring (bicyclic) bond motifs is 1. The van der Waals surface area contributed by atoms with Gasteiger partial charge < -0.3 is 5.73 Å². The average Bonchev–Trinajstić information content (AvgIpc) is 2.87. The van der Waals surface area contributed by atoms with Crippen LogP contribution in [0.1, 0.15) is 31.8 Å². The first-order valence-corrected chi connectivity index (χ1v) is 6.34. The third-order valence-electron chi connectivity index (χ3n) is 2.98. The van der Waals surface area contributed by atoms with Crippen molar-refractivity contribution in [3.8, 4) is 0 Å². The number of hydrogen-bond donors (Lipinski definition) is 1. The van der Waals surface area contributed by atoms with E-state index in [1.807, 2.05) is 13.8 Å². The molecule has 0 radical (unpaired) electrons. The van der Waals surface area contributed by atoms with Gasteiger partial charge >= 0.3 is 0 Å². The first-order chi connectivity index (χ1) is 9.93. The monoisotopic (exact) mass is 290 g/mol. The molecule has 0 aliphatic carbocycles. The van der Waals surface area contributed by atoms with Gasteiger partial charge in [0.15, 0.2) is 5.82 Å². The minimum Gasteiger partial charge on any atom is -0.399 e. The van der Waals surface area contributed by atoms with Crippen molar-refractivity contribution in [1.29, 1.82) is 0 Å². The number of nitrogens with two attached hydrogens (primary N) is 1. The zero-order chi connectivity index (χ0) is 15.6. The predicted octanol–water partition coefficient (Wildman–Crippen LogP) is 3.49. The summed E-state index contributed by atoms with van der Waals surface area (Å²) in [5, 5.41) is 4.20. The van der Waals surface area contributed by atoms with Crippen molar-refractivity contribution in [3.63, 3.8) is 0 Å². The first kappa shape index (κ1) is 14.9. The van der Waals surface area contributed by atoms with Crippen molar-refractivity contribution >= 4 is 11.1 Å². The lowest BCUT2D eigenvalue weighted by Gasteiger charge is -2.07. The van der Waals surface area contributed by atoms with Crippen molar-refractivity contribution in [1.82, 2.24) is 14.6 Å². The number of allylic oxidation sites excluding steroid dienone is 4. The molecule has 0 atom stereocenters. The van der Waals surface area contributed by atoms with Crippen LogP contribution < -0.4 is 5.73 Å².